The van der Waals surface area contributed by atoms with Gasteiger partial charge in [-0.2, -0.15) is 0 Å². The van der Waals surface area contributed by atoms with Crippen LogP contribution in [-0.4, -0.2) is 23.8 Å². The van der Waals surface area contributed by atoms with Crippen molar-refractivity contribution in [3.8, 4) is 22.8 Å². The molecule has 0 amide bonds. The molecule has 19 heavy (non-hydrogen) atoms. The molecule has 100 valence electrons. The summed E-state index contributed by atoms with van der Waals surface area (Å²) in [6.07, 6.45) is 4.16. The van der Waals surface area contributed by atoms with E-state index in [0.29, 0.717) is 23.4 Å². The fourth-order valence-corrected chi connectivity index (χ4v) is 2.30. The summed E-state index contributed by atoms with van der Waals surface area (Å²) < 4.78 is 12.8. The Bertz CT molecular complexity index is 603. The molecule has 1 saturated carbocycles. The lowest BCUT2D eigenvalue weighted by Crippen LogP contribution is -2.00. The van der Waals surface area contributed by atoms with Gasteiger partial charge in [-0.25, -0.2) is 4.98 Å². The van der Waals surface area contributed by atoms with E-state index >= 15 is 0 Å². The third-order valence-electron chi connectivity index (χ3n) is 3.43. The number of hydrogen-bond acceptors (Lipinski definition) is 4. The number of imidazole rings is 1. The number of para-hydroxylation sites is 1. The standard InChI is InChI=1S/C14H17N3O2/c1-18-11-5-3-4-10(13(11)19-2)12-14(15)17(8-16-12)9-6-7-9/h3-5,8-9H,6-7,15H2,1-2H3. The molecule has 0 saturated heterocycles. The zero-order chi connectivity index (χ0) is 13.4. The van der Waals surface area contributed by atoms with Crippen molar-refractivity contribution in [3.63, 3.8) is 0 Å². The Morgan fingerprint density at radius 1 is 1.26 bits per heavy atom. The van der Waals surface area contributed by atoms with Crippen LogP contribution in [0.2, 0.25) is 0 Å². The summed E-state index contributed by atoms with van der Waals surface area (Å²) in [5.41, 5.74) is 7.81. The van der Waals surface area contributed by atoms with Crippen LogP contribution in [-0.2, 0) is 0 Å². The maximum atomic E-state index is 6.20. The summed E-state index contributed by atoms with van der Waals surface area (Å²) in [6.45, 7) is 0. The first-order chi connectivity index (χ1) is 9.26. The van der Waals surface area contributed by atoms with Crippen molar-refractivity contribution in [2.75, 3.05) is 20.0 Å². The van der Waals surface area contributed by atoms with E-state index in [4.69, 9.17) is 15.2 Å². The molecular formula is C14H17N3O2. The van der Waals surface area contributed by atoms with Gasteiger partial charge in [-0.15, -0.1) is 0 Å². The molecule has 0 spiro atoms. The second-order valence-corrected chi connectivity index (χ2v) is 4.66. The first-order valence-electron chi connectivity index (χ1n) is 6.30. The van der Waals surface area contributed by atoms with Gasteiger partial charge in [-0.1, -0.05) is 6.07 Å². The van der Waals surface area contributed by atoms with Gasteiger partial charge in [0.25, 0.3) is 0 Å². The van der Waals surface area contributed by atoms with Crippen LogP contribution in [0.25, 0.3) is 11.3 Å². The van der Waals surface area contributed by atoms with E-state index in [9.17, 15) is 0 Å². The van der Waals surface area contributed by atoms with Gasteiger partial charge in [0.2, 0.25) is 0 Å². The molecular weight excluding hydrogens is 242 g/mol. The normalized spacial score (nSPS) is 14.4. The maximum Gasteiger partial charge on any atom is 0.170 e. The quantitative estimate of drug-likeness (QED) is 0.916. The van der Waals surface area contributed by atoms with E-state index in [1.165, 1.54) is 12.8 Å². The van der Waals surface area contributed by atoms with Gasteiger partial charge in [0.15, 0.2) is 11.5 Å². The fraction of sp³-hybridized carbons (Fsp3) is 0.357. The number of methoxy groups -OCH3 is 2. The van der Waals surface area contributed by atoms with Crippen molar-refractivity contribution in [2.45, 2.75) is 18.9 Å². The van der Waals surface area contributed by atoms with E-state index in [1.54, 1.807) is 20.5 Å². The van der Waals surface area contributed by atoms with E-state index in [0.717, 1.165) is 11.3 Å². The molecule has 3 rings (SSSR count). The topological polar surface area (TPSA) is 62.3 Å². The van der Waals surface area contributed by atoms with Gasteiger partial charge >= 0.3 is 0 Å². The third kappa shape index (κ3) is 1.91. The van der Waals surface area contributed by atoms with E-state index in [-0.39, 0.29) is 0 Å². The van der Waals surface area contributed by atoms with Crippen LogP contribution in [0, 0.1) is 0 Å². The number of aromatic nitrogens is 2. The zero-order valence-electron chi connectivity index (χ0n) is 11.1. The molecule has 1 aliphatic rings. The predicted molar refractivity (Wildman–Crippen MR) is 73.5 cm³/mol. The highest BCUT2D eigenvalue weighted by molar-refractivity contribution is 5.78. The van der Waals surface area contributed by atoms with Gasteiger partial charge in [0.05, 0.1) is 20.5 Å². The Labute approximate surface area is 112 Å². The van der Waals surface area contributed by atoms with Gasteiger partial charge in [0, 0.05) is 11.6 Å². The molecule has 1 heterocycles. The Kier molecular flexibility index (Phi) is 2.81. The fourth-order valence-electron chi connectivity index (χ4n) is 2.30. The summed E-state index contributed by atoms with van der Waals surface area (Å²) in [6, 6.07) is 6.22. The lowest BCUT2D eigenvalue weighted by molar-refractivity contribution is 0.356. The third-order valence-corrected chi connectivity index (χ3v) is 3.43. The molecule has 5 heteroatoms. The summed E-state index contributed by atoms with van der Waals surface area (Å²) in [5, 5.41) is 0. The number of nitrogen functional groups attached to an aromatic ring is 1. The van der Waals surface area contributed by atoms with Crippen LogP contribution >= 0.6 is 0 Å². The monoisotopic (exact) mass is 259 g/mol. The molecule has 1 aromatic carbocycles. The lowest BCUT2D eigenvalue weighted by Gasteiger charge is -2.12. The number of rotatable bonds is 4. The largest absolute Gasteiger partial charge is 0.493 e. The second kappa shape index (κ2) is 4.50. The molecule has 1 aliphatic carbocycles. The van der Waals surface area contributed by atoms with Crippen molar-refractivity contribution >= 4 is 5.82 Å². The molecule has 2 aromatic rings. The van der Waals surface area contributed by atoms with E-state index in [1.807, 2.05) is 22.8 Å². The van der Waals surface area contributed by atoms with Gasteiger partial charge in [0.1, 0.15) is 11.5 Å². The van der Waals surface area contributed by atoms with Crippen molar-refractivity contribution in [1.82, 2.24) is 9.55 Å². The number of nitrogens with zero attached hydrogens (tertiary/aromatic N) is 2. The van der Waals surface area contributed by atoms with Crippen LogP contribution in [0.1, 0.15) is 18.9 Å². The lowest BCUT2D eigenvalue weighted by atomic mass is 10.1. The molecule has 1 aromatic heterocycles. The molecule has 1 fully saturated rings. The van der Waals surface area contributed by atoms with Crippen LogP contribution in [0.15, 0.2) is 24.5 Å². The highest BCUT2D eigenvalue weighted by Crippen LogP contribution is 2.43. The summed E-state index contributed by atoms with van der Waals surface area (Å²) in [5.74, 6) is 2.03. The first-order valence-corrected chi connectivity index (χ1v) is 6.30. The minimum absolute atomic E-state index is 0.512. The molecule has 2 N–H and O–H groups in total. The number of benzene rings is 1. The molecule has 5 nitrogen and oxygen atoms in total. The Morgan fingerprint density at radius 2 is 2.05 bits per heavy atom. The van der Waals surface area contributed by atoms with Crippen molar-refractivity contribution < 1.29 is 9.47 Å². The number of anilines is 1. The van der Waals surface area contributed by atoms with Crippen LogP contribution in [0.5, 0.6) is 11.5 Å². The Hall–Kier alpha value is -2.17. The molecule has 0 bridgehead atoms. The maximum absolute atomic E-state index is 6.20. The Balaban J connectivity index is 2.11. The summed E-state index contributed by atoms with van der Waals surface area (Å²) in [4.78, 5) is 4.43. The summed E-state index contributed by atoms with van der Waals surface area (Å²) in [7, 11) is 3.24. The van der Waals surface area contributed by atoms with Gasteiger partial charge < -0.3 is 19.8 Å². The zero-order valence-corrected chi connectivity index (χ0v) is 11.1. The smallest absolute Gasteiger partial charge is 0.170 e. The summed E-state index contributed by atoms with van der Waals surface area (Å²) >= 11 is 0. The van der Waals surface area contributed by atoms with Crippen molar-refractivity contribution in [2.24, 2.45) is 0 Å². The van der Waals surface area contributed by atoms with E-state index in [2.05, 4.69) is 4.98 Å². The van der Waals surface area contributed by atoms with Crippen LogP contribution < -0.4 is 15.2 Å². The highest BCUT2D eigenvalue weighted by Gasteiger charge is 2.27. The van der Waals surface area contributed by atoms with Crippen LogP contribution in [0.3, 0.4) is 0 Å². The average Bonchev–Trinajstić information content (AvgIpc) is 3.21. The van der Waals surface area contributed by atoms with Crippen LogP contribution in [0.4, 0.5) is 5.82 Å². The molecule has 0 atom stereocenters. The second-order valence-electron chi connectivity index (χ2n) is 4.66. The molecule has 0 radical (unpaired) electrons. The molecule has 0 aliphatic heterocycles. The SMILES string of the molecule is COc1cccc(-c2ncn(C3CC3)c2N)c1OC. The van der Waals surface area contributed by atoms with Gasteiger partial charge in [-0.3, -0.25) is 0 Å². The van der Waals surface area contributed by atoms with Crippen molar-refractivity contribution in [1.29, 1.82) is 0 Å². The minimum atomic E-state index is 0.512. The number of ether oxygens (including phenoxy) is 2. The number of hydrogen-bond donors (Lipinski definition) is 1. The highest BCUT2D eigenvalue weighted by atomic mass is 16.5. The van der Waals surface area contributed by atoms with E-state index < -0.39 is 0 Å². The average molecular weight is 259 g/mol. The van der Waals surface area contributed by atoms with Crippen molar-refractivity contribution in [3.05, 3.63) is 24.5 Å². The minimum Gasteiger partial charge on any atom is -0.493 e. The number of nitrogens with two attached hydrogens (primary N) is 1. The Morgan fingerprint density at radius 3 is 2.68 bits per heavy atom. The first kappa shape index (κ1) is 11.9. The molecule has 0 unspecified atom stereocenters. The van der Waals surface area contributed by atoms with Gasteiger partial charge in [-0.05, 0) is 25.0 Å². The predicted octanol–water partition coefficient (Wildman–Crippen LogP) is 2.48.